The number of nitrogens with one attached hydrogen (secondary N) is 1. The molecule has 0 rings (SSSR count). The number of hydrogen-bond donors (Lipinski definition) is 3. The van der Waals surface area contributed by atoms with Crippen LogP contribution in [0.4, 0.5) is 0 Å². The van der Waals surface area contributed by atoms with Gasteiger partial charge < -0.3 is 20.3 Å². The Labute approximate surface area is 467 Å². The molecule has 0 saturated carbocycles. The maximum Gasteiger partial charge on any atom is 0.305 e. The van der Waals surface area contributed by atoms with E-state index in [0.717, 1.165) is 70.6 Å². The highest BCUT2D eigenvalue weighted by Crippen LogP contribution is 2.17. The number of esters is 1. The molecule has 0 aromatic carbocycles. The average molecular weight is 1050 g/mol. The van der Waals surface area contributed by atoms with Gasteiger partial charge in [0.05, 0.1) is 25.4 Å². The van der Waals surface area contributed by atoms with Crippen molar-refractivity contribution < 1.29 is 24.5 Å². The van der Waals surface area contributed by atoms with Crippen LogP contribution in [0, 0.1) is 0 Å². The van der Waals surface area contributed by atoms with Gasteiger partial charge in [-0.25, -0.2) is 0 Å². The third kappa shape index (κ3) is 60.9. The number of aliphatic hydroxyl groups excluding tert-OH is 2. The van der Waals surface area contributed by atoms with Crippen LogP contribution >= 0.6 is 0 Å². The van der Waals surface area contributed by atoms with Crippen LogP contribution in [0.1, 0.15) is 354 Å². The molecule has 75 heavy (non-hydrogen) atoms. The monoisotopic (exact) mass is 1050 g/mol. The zero-order valence-electron chi connectivity index (χ0n) is 50.3. The fourth-order valence-electron chi connectivity index (χ4n) is 10.2. The van der Waals surface area contributed by atoms with Gasteiger partial charge in [0.2, 0.25) is 5.91 Å². The highest BCUT2D eigenvalue weighted by Gasteiger charge is 2.18. The molecule has 0 aromatic heterocycles. The van der Waals surface area contributed by atoms with E-state index in [1.807, 2.05) is 6.08 Å². The van der Waals surface area contributed by atoms with Crippen molar-refractivity contribution in [1.29, 1.82) is 0 Å². The zero-order chi connectivity index (χ0) is 54.3. The van der Waals surface area contributed by atoms with Gasteiger partial charge in [0.25, 0.3) is 0 Å². The first-order valence-corrected chi connectivity index (χ1v) is 33.4. The Morgan fingerprint density at radius 3 is 1.05 bits per heavy atom. The Kier molecular flexibility index (Phi) is 62.5. The number of aliphatic hydroxyl groups is 2. The van der Waals surface area contributed by atoms with Gasteiger partial charge in [-0.15, -0.1) is 0 Å². The lowest BCUT2D eigenvalue weighted by Gasteiger charge is -2.20. The molecule has 0 radical (unpaired) electrons. The molecule has 6 heteroatoms. The van der Waals surface area contributed by atoms with E-state index in [0.29, 0.717) is 19.4 Å². The van der Waals surface area contributed by atoms with Crippen LogP contribution in [-0.2, 0) is 14.3 Å². The summed E-state index contributed by atoms with van der Waals surface area (Å²) in [7, 11) is 0. The summed E-state index contributed by atoms with van der Waals surface area (Å²) in [5.41, 5.74) is 0. The largest absolute Gasteiger partial charge is 0.466 e. The minimum atomic E-state index is -0.858. The fraction of sp³-hybridized carbons (Fsp3) is 0.855. The molecule has 6 nitrogen and oxygen atoms in total. The molecule has 0 bridgehead atoms. The molecule has 0 heterocycles. The number of rotatable bonds is 62. The lowest BCUT2D eigenvalue weighted by atomic mass is 10.0. The highest BCUT2D eigenvalue weighted by atomic mass is 16.5. The average Bonchev–Trinajstić information content (AvgIpc) is 3.41. The Hall–Kier alpha value is -2.18. The van der Waals surface area contributed by atoms with Crippen LogP contribution in [0.3, 0.4) is 0 Å². The predicted octanol–water partition coefficient (Wildman–Crippen LogP) is 21.3. The minimum Gasteiger partial charge on any atom is -0.466 e. The van der Waals surface area contributed by atoms with Crippen molar-refractivity contribution in [2.45, 2.75) is 366 Å². The molecule has 440 valence electrons. The van der Waals surface area contributed by atoms with Crippen LogP contribution < -0.4 is 5.32 Å². The van der Waals surface area contributed by atoms with Gasteiger partial charge in [0.1, 0.15) is 0 Å². The molecule has 0 fully saturated rings. The summed E-state index contributed by atoms with van der Waals surface area (Å²) in [4.78, 5) is 24.6. The van der Waals surface area contributed by atoms with Crippen molar-refractivity contribution >= 4 is 11.9 Å². The molecule has 0 aliphatic rings. The maximum atomic E-state index is 12.5. The lowest BCUT2D eigenvalue weighted by molar-refractivity contribution is -0.143. The standard InChI is InChI=1S/C69H129NO5/c1-3-5-7-9-11-13-15-17-19-21-23-24-25-26-28-29-33-37-41-45-49-53-57-61-67(72)66(65-71)70-68(73)62-58-54-50-46-42-38-34-31-32-36-40-44-48-52-56-60-64-75-69(74)63-59-55-51-47-43-39-35-30-27-22-20-18-16-14-12-10-8-6-4-2/h12,14,18,20,31,34,57,61,66-67,71-72H,3-11,13,15-17,19,21-30,32-33,35-56,58-60,62-65H2,1-2H3,(H,70,73)/b14-12-,20-18-,34-31-,61-57+. The molecule has 0 aliphatic carbocycles. The molecule has 3 N–H and O–H groups in total. The second kappa shape index (κ2) is 64.3. The third-order valence-electron chi connectivity index (χ3n) is 15.3. The number of ether oxygens (including phenoxy) is 1. The van der Waals surface area contributed by atoms with E-state index >= 15 is 0 Å². The smallest absolute Gasteiger partial charge is 0.305 e. The summed E-state index contributed by atoms with van der Waals surface area (Å²) in [5, 5.41) is 23.2. The zero-order valence-corrected chi connectivity index (χ0v) is 50.3. The van der Waals surface area contributed by atoms with Gasteiger partial charge in [-0.05, 0) is 89.9 Å². The van der Waals surface area contributed by atoms with E-state index in [1.165, 1.54) is 257 Å². The van der Waals surface area contributed by atoms with Crippen molar-refractivity contribution in [3.8, 4) is 0 Å². The second-order valence-electron chi connectivity index (χ2n) is 22.8. The van der Waals surface area contributed by atoms with Crippen molar-refractivity contribution in [3.63, 3.8) is 0 Å². The van der Waals surface area contributed by atoms with Gasteiger partial charge >= 0.3 is 5.97 Å². The summed E-state index contributed by atoms with van der Waals surface area (Å²) in [6, 6.07) is -0.643. The quantitative estimate of drug-likeness (QED) is 0.0320. The van der Waals surface area contributed by atoms with Gasteiger partial charge in [-0.3, -0.25) is 9.59 Å². The Morgan fingerprint density at radius 1 is 0.373 bits per heavy atom. The Bertz CT molecular complexity index is 1260. The Balaban J connectivity index is 3.48. The van der Waals surface area contributed by atoms with Crippen LogP contribution in [0.15, 0.2) is 48.6 Å². The van der Waals surface area contributed by atoms with Crippen molar-refractivity contribution in [2.75, 3.05) is 13.2 Å². The van der Waals surface area contributed by atoms with E-state index < -0.39 is 12.1 Å². The van der Waals surface area contributed by atoms with Crippen molar-refractivity contribution in [3.05, 3.63) is 48.6 Å². The summed E-state index contributed by atoms with van der Waals surface area (Å²) in [6.45, 7) is 4.88. The number of unbranched alkanes of at least 4 members (excludes halogenated alkanes) is 45. The lowest BCUT2D eigenvalue weighted by Crippen LogP contribution is -2.45. The van der Waals surface area contributed by atoms with Gasteiger partial charge in [-0.2, -0.15) is 0 Å². The molecule has 1 amide bonds. The maximum absolute atomic E-state index is 12.5. The van der Waals surface area contributed by atoms with Crippen LogP contribution in [0.25, 0.3) is 0 Å². The molecule has 0 aliphatic heterocycles. The topological polar surface area (TPSA) is 95.9 Å². The summed E-state index contributed by atoms with van der Waals surface area (Å²) in [6.07, 6.45) is 83.0. The van der Waals surface area contributed by atoms with E-state index in [-0.39, 0.29) is 18.5 Å². The summed E-state index contributed by atoms with van der Waals surface area (Å²) in [5.74, 6) is -0.0899. The molecule has 2 unspecified atom stereocenters. The van der Waals surface area contributed by atoms with Crippen LogP contribution in [-0.4, -0.2) is 47.4 Å². The molecular weight excluding hydrogens is 923 g/mol. The molecule has 0 spiro atoms. The van der Waals surface area contributed by atoms with E-state index in [9.17, 15) is 19.8 Å². The first-order valence-electron chi connectivity index (χ1n) is 33.4. The first-order chi connectivity index (χ1) is 37.0. The number of carbonyl (C=O) groups excluding carboxylic acids is 2. The van der Waals surface area contributed by atoms with Crippen molar-refractivity contribution in [2.24, 2.45) is 0 Å². The highest BCUT2D eigenvalue weighted by molar-refractivity contribution is 5.76. The summed E-state index contributed by atoms with van der Waals surface area (Å²) >= 11 is 0. The van der Waals surface area contributed by atoms with Crippen LogP contribution in [0.2, 0.25) is 0 Å². The second-order valence-corrected chi connectivity index (χ2v) is 22.8. The predicted molar refractivity (Wildman–Crippen MR) is 329 cm³/mol. The van der Waals surface area contributed by atoms with E-state index in [1.54, 1.807) is 6.08 Å². The number of carbonyl (C=O) groups is 2. The first kappa shape index (κ1) is 72.8. The molecule has 2 atom stereocenters. The minimum absolute atomic E-state index is 0.00730. The van der Waals surface area contributed by atoms with E-state index in [2.05, 4.69) is 55.6 Å². The van der Waals surface area contributed by atoms with Gasteiger partial charge in [0.15, 0.2) is 0 Å². The molecule has 0 saturated heterocycles. The SMILES string of the molecule is CCCCC/C=C\C/C=C\CCCCCCCCCCCC(=O)OCCCCCCCCC/C=C\CCCCCCCC(=O)NC(CO)C(O)/C=C/CCCCCCCCCCCCCCCCCCCCCCC. The Morgan fingerprint density at radius 2 is 0.667 bits per heavy atom. The normalized spacial score (nSPS) is 12.9. The van der Waals surface area contributed by atoms with Gasteiger partial charge in [-0.1, -0.05) is 300 Å². The summed E-state index contributed by atoms with van der Waals surface area (Å²) < 4.78 is 5.49. The van der Waals surface area contributed by atoms with Gasteiger partial charge in [0, 0.05) is 12.8 Å². The van der Waals surface area contributed by atoms with E-state index in [4.69, 9.17) is 4.74 Å². The molecular formula is C69H129NO5. The third-order valence-corrected chi connectivity index (χ3v) is 15.3. The number of amides is 1. The fourth-order valence-corrected chi connectivity index (χ4v) is 10.2. The number of hydrogen-bond acceptors (Lipinski definition) is 5. The van der Waals surface area contributed by atoms with Crippen molar-refractivity contribution in [1.82, 2.24) is 5.32 Å². The van der Waals surface area contributed by atoms with Crippen LogP contribution in [0.5, 0.6) is 0 Å². The molecule has 0 aromatic rings. The number of allylic oxidation sites excluding steroid dienone is 7.